The molecule has 1 aliphatic heterocycles. The van der Waals surface area contributed by atoms with Gasteiger partial charge in [0.25, 0.3) is 0 Å². The van der Waals surface area contributed by atoms with E-state index in [1.807, 2.05) is 24.3 Å². The van der Waals surface area contributed by atoms with Crippen LogP contribution in [-0.2, 0) is 15.6 Å². The Morgan fingerprint density at radius 1 is 1.35 bits per heavy atom. The van der Waals surface area contributed by atoms with E-state index in [4.69, 9.17) is 0 Å². The molecule has 17 heavy (non-hydrogen) atoms. The van der Waals surface area contributed by atoms with Crippen LogP contribution in [0.2, 0.25) is 0 Å². The summed E-state index contributed by atoms with van der Waals surface area (Å²) in [6, 6.07) is 7.62. The Bertz CT molecular complexity index is 481. The summed E-state index contributed by atoms with van der Waals surface area (Å²) in [6.07, 6.45) is 2.05. The SMILES string of the molecule is O=S(=O)(Cc1ccccc1Br)CC1CCCN1. The van der Waals surface area contributed by atoms with Crippen molar-refractivity contribution in [1.82, 2.24) is 5.32 Å². The van der Waals surface area contributed by atoms with Crippen molar-refractivity contribution in [3.63, 3.8) is 0 Å². The number of hydrogen-bond acceptors (Lipinski definition) is 3. The molecule has 1 heterocycles. The van der Waals surface area contributed by atoms with Gasteiger partial charge in [-0.25, -0.2) is 8.42 Å². The van der Waals surface area contributed by atoms with Crippen LogP contribution in [0.4, 0.5) is 0 Å². The molecule has 0 bridgehead atoms. The molecule has 1 aliphatic rings. The minimum Gasteiger partial charge on any atom is -0.313 e. The lowest BCUT2D eigenvalue weighted by atomic mass is 10.2. The third kappa shape index (κ3) is 3.79. The largest absolute Gasteiger partial charge is 0.313 e. The van der Waals surface area contributed by atoms with Crippen LogP contribution in [0.25, 0.3) is 0 Å². The molecule has 3 nitrogen and oxygen atoms in total. The quantitative estimate of drug-likeness (QED) is 0.925. The van der Waals surface area contributed by atoms with Crippen molar-refractivity contribution in [2.45, 2.75) is 24.6 Å². The predicted octanol–water partition coefficient (Wildman–Crippen LogP) is 2.12. The fourth-order valence-corrected chi connectivity index (χ4v) is 4.47. The van der Waals surface area contributed by atoms with E-state index in [9.17, 15) is 8.42 Å². The second-order valence-corrected chi connectivity index (χ2v) is 7.40. The smallest absolute Gasteiger partial charge is 0.156 e. The van der Waals surface area contributed by atoms with Gasteiger partial charge in [0.1, 0.15) is 0 Å². The summed E-state index contributed by atoms with van der Waals surface area (Å²) in [5, 5.41) is 3.22. The van der Waals surface area contributed by atoms with Crippen molar-refractivity contribution in [3.8, 4) is 0 Å². The first kappa shape index (κ1) is 13.1. The molecule has 0 saturated carbocycles. The first-order chi connectivity index (χ1) is 8.07. The maximum absolute atomic E-state index is 12.0. The standard InChI is InChI=1S/C12H16BrNO2S/c13-12-6-2-1-4-10(12)8-17(15,16)9-11-5-3-7-14-11/h1-2,4,6,11,14H,3,5,7-9H2. The summed E-state index contributed by atoms with van der Waals surface area (Å²) in [6.45, 7) is 0.940. The molecule has 0 aromatic heterocycles. The first-order valence-corrected chi connectivity index (χ1v) is 8.35. The van der Waals surface area contributed by atoms with Gasteiger partial charge in [-0.1, -0.05) is 34.1 Å². The molecule has 0 amide bonds. The van der Waals surface area contributed by atoms with E-state index >= 15 is 0 Å². The number of nitrogens with one attached hydrogen (secondary N) is 1. The molecule has 1 N–H and O–H groups in total. The van der Waals surface area contributed by atoms with E-state index < -0.39 is 9.84 Å². The van der Waals surface area contributed by atoms with Gasteiger partial charge in [0.05, 0.1) is 11.5 Å². The summed E-state index contributed by atoms with van der Waals surface area (Å²) in [5.74, 6) is 0.362. The second-order valence-electron chi connectivity index (χ2n) is 4.44. The van der Waals surface area contributed by atoms with E-state index in [2.05, 4.69) is 21.2 Å². The molecule has 94 valence electrons. The predicted molar refractivity (Wildman–Crippen MR) is 72.7 cm³/mol. The van der Waals surface area contributed by atoms with Gasteiger partial charge >= 0.3 is 0 Å². The number of benzene rings is 1. The Morgan fingerprint density at radius 2 is 2.12 bits per heavy atom. The lowest BCUT2D eigenvalue weighted by Crippen LogP contribution is -2.30. The number of rotatable bonds is 4. The number of sulfone groups is 1. The monoisotopic (exact) mass is 317 g/mol. The van der Waals surface area contributed by atoms with Gasteiger partial charge in [-0.3, -0.25) is 0 Å². The molecular formula is C12H16BrNO2S. The fourth-order valence-electron chi connectivity index (χ4n) is 2.12. The average Bonchev–Trinajstić information content (AvgIpc) is 2.73. The molecule has 1 saturated heterocycles. The zero-order chi connectivity index (χ0) is 12.3. The zero-order valence-corrected chi connectivity index (χ0v) is 11.9. The van der Waals surface area contributed by atoms with Crippen LogP contribution >= 0.6 is 15.9 Å². The Labute approximate surface area is 111 Å². The lowest BCUT2D eigenvalue weighted by molar-refractivity contribution is 0.576. The summed E-state index contributed by atoms with van der Waals surface area (Å²) < 4.78 is 25.0. The second kappa shape index (κ2) is 5.50. The Balaban J connectivity index is 2.04. The van der Waals surface area contributed by atoms with Crippen LogP contribution in [0, 0.1) is 0 Å². The molecule has 0 aliphatic carbocycles. The van der Waals surface area contributed by atoms with Crippen molar-refractivity contribution in [2.75, 3.05) is 12.3 Å². The Hall–Kier alpha value is -0.390. The van der Waals surface area contributed by atoms with Gasteiger partial charge in [-0.05, 0) is 31.0 Å². The summed E-state index contributed by atoms with van der Waals surface area (Å²) in [4.78, 5) is 0. The van der Waals surface area contributed by atoms with Gasteiger partial charge < -0.3 is 5.32 Å². The van der Waals surface area contributed by atoms with E-state index in [-0.39, 0.29) is 17.5 Å². The highest BCUT2D eigenvalue weighted by Crippen LogP contribution is 2.19. The van der Waals surface area contributed by atoms with Gasteiger partial charge in [-0.2, -0.15) is 0 Å². The highest BCUT2D eigenvalue weighted by molar-refractivity contribution is 9.10. The zero-order valence-electron chi connectivity index (χ0n) is 9.52. The van der Waals surface area contributed by atoms with Crippen LogP contribution in [0.15, 0.2) is 28.7 Å². The van der Waals surface area contributed by atoms with Crippen molar-refractivity contribution >= 4 is 25.8 Å². The third-order valence-corrected chi connectivity index (χ3v) is 5.39. The number of hydrogen-bond donors (Lipinski definition) is 1. The molecule has 1 atom stereocenters. The van der Waals surface area contributed by atoms with Crippen LogP contribution in [0.3, 0.4) is 0 Å². The van der Waals surface area contributed by atoms with Crippen molar-refractivity contribution in [3.05, 3.63) is 34.3 Å². The molecular weight excluding hydrogens is 302 g/mol. The van der Waals surface area contributed by atoms with E-state index in [1.54, 1.807) is 0 Å². The van der Waals surface area contributed by atoms with Gasteiger partial charge in [-0.15, -0.1) is 0 Å². The fraction of sp³-hybridized carbons (Fsp3) is 0.500. The van der Waals surface area contributed by atoms with E-state index in [0.717, 1.165) is 29.4 Å². The van der Waals surface area contributed by atoms with E-state index in [1.165, 1.54) is 0 Å². The highest BCUT2D eigenvalue weighted by Gasteiger charge is 2.22. The van der Waals surface area contributed by atoms with Crippen LogP contribution in [0.5, 0.6) is 0 Å². The lowest BCUT2D eigenvalue weighted by Gasteiger charge is -2.11. The normalized spacial score (nSPS) is 20.6. The van der Waals surface area contributed by atoms with Crippen LogP contribution in [-0.4, -0.2) is 26.8 Å². The van der Waals surface area contributed by atoms with Gasteiger partial charge in [0, 0.05) is 10.5 Å². The maximum Gasteiger partial charge on any atom is 0.156 e. The molecule has 1 fully saturated rings. The van der Waals surface area contributed by atoms with Crippen LogP contribution in [0.1, 0.15) is 18.4 Å². The minimum absolute atomic E-state index is 0.118. The van der Waals surface area contributed by atoms with Crippen molar-refractivity contribution < 1.29 is 8.42 Å². The molecule has 0 spiro atoms. The molecule has 1 unspecified atom stereocenters. The Kier molecular flexibility index (Phi) is 4.22. The summed E-state index contributed by atoms with van der Waals surface area (Å²) in [7, 11) is -3.03. The molecule has 1 aromatic carbocycles. The first-order valence-electron chi connectivity index (χ1n) is 5.74. The topological polar surface area (TPSA) is 46.2 Å². The average molecular weight is 318 g/mol. The highest BCUT2D eigenvalue weighted by atomic mass is 79.9. The third-order valence-electron chi connectivity index (χ3n) is 2.95. The van der Waals surface area contributed by atoms with Gasteiger partial charge in [0.2, 0.25) is 0 Å². The maximum atomic E-state index is 12.0. The molecule has 2 rings (SSSR count). The molecule has 5 heteroatoms. The Morgan fingerprint density at radius 3 is 2.76 bits per heavy atom. The molecule has 0 radical (unpaired) electrons. The van der Waals surface area contributed by atoms with Crippen molar-refractivity contribution in [2.24, 2.45) is 0 Å². The van der Waals surface area contributed by atoms with Gasteiger partial charge in [0.15, 0.2) is 9.84 Å². The summed E-state index contributed by atoms with van der Waals surface area (Å²) in [5.41, 5.74) is 0.838. The van der Waals surface area contributed by atoms with Crippen molar-refractivity contribution in [1.29, 1.82) is 0 Å². The number of halogens is 1. The van der Waals surface area contributed by atoms with Crippen LogP contribution < -0.4 is 5.32 Å². The molecule has 1 aromatic rings. The minimum atomic E-state index is -3.03. The van der Waals surface area contributed by atoms with E-state index in [0.29, 0.717) is 0 Å². The summed E-state index contributed by atoms with van der Waals surface area (Å²) >= 11 is 3.38.